The average molecular weight is 445 g/mol. The molecular weight excluding hydrogens is 423 g/mol. The highest BCUT2D eigenvalue weighted by Gasteiger charge is 2.38. The molecule has 1 aromatic carbocycles. The zero-order chi connectivity index (χ0) is 22.7. The molecule has 1 aliphatic heterocycles. The molecule has 7 nitrogen and oxygen atoms in total. The van der Waals surface area contributed by atoms with Crippen molar-refractivity contribution in [2.75, 3.05) is 18.0 Å². The van der Waals surface area contributed by atoms with Crippen molar-refractivity contribution in [2.24, 2.45) is 0 Å². The maximum absolute atomic E-state index is 13.3. The third-order valence-corrected chi connectivity index (χ3v) is 5.22. The van der Waals surface area contributed by atoms with E-state index in [1.807, 2.05) is 24.0 Å². The minimum atomic E-state index is -4.69. The van der Waals surface area contributed by atoms with Crippen molar-refractivity contribution in [1.82, 2.24) is 20.1 Å². The lowest BCUT2D eigenvalue weighted by molar-refractivity contribution is -0.156. The molecule has 1 fully saturated rings. The van der Waals surface area contributed by atoms with Crippen LogP contribution in [0.4, 0.5) is 23.8 Å². The van der Waals surface area contributed by atoms with Gasteiger partial charge in [-0.2, -0.15) is 13.2 Å². The number of halogens is 3. The van der Waals surface area contributed by atoms with Crippen LogP contribution in [-0.2, 0) is 12.7 Å². The van der Waals surface area contributed by atoms with E-state index in [0.29, 0.717) is 24.5 Å². The summed E-state index contributed by atoms with van der Waals surface area (Å²) in [6, 6.07) is 12.0. The van der Waals surface area contributed by atoms with Crippen LogP contribution in [-0.4, -0.2) is 39.2 Å². The number of hydrogen-bond acceptors (Lipinski definition) is 5. The number of pyridine rings is 1. The topological polar surface area (TPSA) is 75.4 Å². The number of urea groups is 1. The summed E-state index contributed by atoms with van der Waals surface area (Å²) in [5.41, 5.74) is 1.95. The van der Waals surface area contributed by atoms with Gasteiger partial charge in [-0.1, -0.05) is 18.2 Å². The summed E-state index contributed by atoms with van der Waals surface area (Å²) < 4.78 is 42.8. The number of hydrogen-bond donors (Lipinski definition) is 0. The predicted molar refractivity (Wildman–Crippen MR) is 111 cm³/mol. The molecule has 3 aromatic rings. The molecule has 0 spiro atoms. The van der Waals surface area contributed by atoms with Crippen molar-refractivity contribution < 1.29 is 22.4 Å². The molecule has 0 bridgehead atoms. The zero-order valence-electron chi connectivity index (χ0n) is 17.5. The van der Waals surface area contributed by atoms with Gasteiger partial charge >= 0.3 is 18.1 Å². The molecule has 168 valence electrons. The van der Waals surface area contributed by atoms with Crippen molar-refractivity contribution in [3.63, 3.8) is 0 Å². The molecule has 2 aromatic heterocycles. The highest BCUT2D eigenvalue weighted by molar-refractivity contribution is 5.91. The van der Waals surface area contributed by atoms with E-state index in [2.05, 4.69) is 15.2 Å². The molecule has 0 saturated carbocycles. The Kier molecular flexibility index (Phi) is 6.11. The largest absolute Gasteiger partial charge is 0.470 e. The van der Waals surface area contributed by atoms with Crippen LogP contribution in [0.1, 0.15) is 36.4 Å². The first-order valence-electron chi connectivity index (χ1n) is 10.3. The van der Waals surface area contributed by atoms with Crippen molar-refractivity contribution >= 4 is 11.8 Å². The fraction of sp³-hybridized carbons (Fsp3) is 0.364. The van der Waals surface area contributed by atoms with Crippen molar-refractivity contribution in [1.29, 1.82) is 0 Å². The summed E-state index contributed by atoms with van der Waals surface area (Å²) in [6.07, 6.45) is -1.64. The lowest BCUT2D eigenvalue weighted by Crippen LogP contribution is -2.45. The average Bonchev–Trinajstić information content (AvgIpc) is 3.29. The number of nitrogens with zero attached hydrogens (tertiary/aromatic N) is 5. The highest BCUT2D eigenvalue weighted by Crippen LogP contribution is 2.30. The van der Waals surface area contributed by atoms with Crippen LogP contribution in [0, 0.1) is 6.92 Å². The standard InChI is InChI=1S/C22H22F3N5O2/c1-15-6-5-7-18(26-15)30(21(31)29-12-3-2-4-13-29)14-16-8-10-17(11-9-16)19-27-28-20(32-19)22(23,24)25/h5-11H,2-4,12-14H2,1H3. The van der Waals surface area contributed by atoms with Gasteiger partial charge in [0.1, 0.15) is 5.82 Å². The monoisotopic (exact) mass is 445 g/mol. The lowest BCUT2D eigenvalue weighted by Gasteiger charge is -2.32. The SMILES string of the molecule is Cc1cccc(N(Cc2ccc(-c3nnc(C(F)(F)F)o3)cc2)C(=O)N2CCCCC2)n1. The third kappa shape index (κ3) is 4.90. The van der Waals surface area contributed by atoms with E-state index < -0.39 is 12.1 Å². The van der Waals surface area contributed by atoms with Gasteiger partial charge in [-0.05, 0) is 56.0 Å². The van der Waals surface area contributed by atoms with Crippen LogP contribution in [0.5, 0.6) is 0 Å². The van der Waals surface area contributed by atoms with Crippen molar-refractivity contribution in [3.05, 3.63) is 59.6 Å². The Morgan fingerprint density at radius 2 is 1.78 bits per heavy atom. The maximum atomic E-state index is 13.3. The third-order valence-electron chi connectivity index (χ3n) is 5.22. The Hall–Kier alpha value is -3.43. The second-order valence-corrected chi connectivity index (χ2v) is 7.66. The molecule has 1 saturated heterocycles. The van der Waals surface area contributed by atoms with Crippen LogP contribution in [0.15, 0.2) is 46.9 Å². The fourth-order valence-corrected chi connectivity index (χ4v) is 3.57. The number of carbonyl (C=O) groups is 1. The first kappa shape index (κ1) is 21.8. The highest BCUT2D eigenvalue weighted by atomic mass is 19.4. The number of amides is 2. The number of piperidine rings is 1. The minimum Gasteiger partial charge on any atom is -0.413 e. The number of anilines is 1. The van der Waals surface area contributed by atoms with Crippen LogP contribution < -0.4 is 4.90 Å². The van der Waals surface area contributed by atoms with Gasteiger partial charge in [-0.25, -0.2) is 9.78 Å². The van der Waals surface area contributed by atoms with Gasteiger partial charge in [0.15, 0.2) is 0 Å². The van der Waals surface area contributed by atoms with E-state index >= 15 is 0 Å². The molecule has 0 N–H and O–H groups in total. The fourth-order valence-electron chi connectivity index (χ4n) is 3.57. The zero-order valence-corrected chi connectivity index (χ0v) is 17.5. The van der Waals surface area contributed by atoms with Crippen LogP contribution in [0.25, 0.3) is 11.5 Å². The van der Waals surface area contributed by atoms with Crippen LogP contribution in [0.3, 0.4) is 0 Å². The second kappa shape index (κ2) is 8.97. The molecule has 0 radical (unpaired) electrons. The van der Waals surface area contributed by atoms with E-state index in [1.165, 1.54) is 0 Å². The molecule has 2 amide bonds. The summed E-state index contributed by atoms with van der Waals surface area (Å²) in [5.74, 6) is -1.05. The predicted octanol–water partition coefficient (Wildman–Crippen LogP) is 5.07. The summed E-state index contributed by atoms with van der Waals surface area (Å²) >= 11 is 0. The Morgan fingerprint density at radius 1 is 1.06 bits per heavy atom. The quantitative estimate of drug-likeness (QED) is 0.560. The molecule has 0 unspecified atom stereocenters. The van der Waals surface area contributed by atoms with E-state index in [4.69, 9.17) is 4.42 Å². The number of likely N-dealkylation sites (tertiary alicyclic amines) is 1. The summed E-state index contributed by atoms with van der Waals surface area (Å²) in [6.45, 7) is 3.54. The van der Waals surface area contributed by atoms with Gasteiger partial charge in [0, 0.05) is 24.3 Å². The van der Waals surface area contributed by atoms with E-state index in [9.17, 15) is 18.0 Å². The Balaban J connectivity index is 1.56. The molecule has 10 heteroatoms. The lowest BCUT2D eigenvalue weighted by atomic mass is 10.1. The molecule has 0 atom stereocenters. The van der Waals surface area contributed by atoms with Gasteiger partial charge in [-0.15, -0.1) is 10.2 Å². The number of benzene rings is 1. The Labute approximate surface area is 182 Å². The maximum Gasteiger partial charge on any atom is 0.470 e. The Bertz CT molecular complexity index is 1080. The summed E-state index contributed by atoms with van der Waals surface area (Å²) in [5, 5.41) is 6.52. The van der Waals surface area contributed by atoms with Gasteiger partial charge in [0.2, 0.25) is 5.89 Å². The van der Waals surface area contributed by atoms with Crippen molar-refractivity contribution in [2.45, 2.75) is 38.9 Å². The molecule has 3 heterocycles. The number of carbonyl (C=O) groups excluding carboxylic acids is 1. The van der Waals surface area contributed by atoms with Crippen molar-refractivity contribution in [3.8, 4) is 11.5 Å². The summed E-state index contributed by atoms with van der Waals surface area (Å²) in [7, 11) is 0. The number of aryl methyl sites for hydroxylation is 1. The summed E-state index contributed by atoms with van der Waals surface area (Å²) in [4.78, 5) is 21.2. The first-order valence-corrected chi connectivity index (χ1v) is 10.3. The smallest absolute Gasteiger partial charge is 0.413 e. The molecule has 32 heavy (non-hydrogen) atoms. The van der Waals surface area contributed by atoms with Crippen LogP contribution in [0.2, 0.25) is 0 Å². The van der Waals surface area contributed by atoms with Gasteiger partial charge in [-0.3, -0.25) is 4.90 Å². The first-order chi connectivity index (χ1) is 15.3. The number of aromatic nitrogens is 3. The second-order valence-electron chi connectivity index (χ2n) is 7.66. The van der Waals surface area contributed by atoms with E-state index in [0.717, 1.165) is 30.5 Å². The molecule has 0 aliphatic carbocycles. The Morgan fingerprint density at radius 3 is 2.41 bits per heavy atom. The molecular formula is C22H22F3N5O2. The van der Waals surface area contributed by atoms with E-state index in [-0.39, 0.29) is 18.5 Å². The van der Waals surface area contributed by atoms with E-state index in [1.54, 1.807) is 35.2 Å². The van der Waals surface area contributed by atoms with Crippen LogP contribution >= 0.6 is 0 Å². The normalized spacial score (nSPS) is 14.4. The number of alkyl halides is 3. The molecule has 1 aliphatic rings. The van der Waals surface area contributed by atoms with Gasteiger partial charge in [0.25, 0.3) is 0 Å². The molecule has 4 rings (SSSR count). The van der Waals surface area contributed by atoms with Gasteiger partial charge in [0.05, 0.1) is 6.54 Å². The minimum absolute atomic E-state index is 0.112. The number of rotatable bonds is 4. The van der Waals surface area contributed by atoms with Gasteiger partial charge < -0.3 is 9.32 Å².